The highest BCUT2D eigenvalue weighted by Crippen LogP contribution is 2.35. The molecule has 6 nitrogen and oxygen atoms in total. The van der Waals surface area contributed by atoms with Gasteiger partial charge >= 0.3 is 0 Å². The minimum absolute atomic E-state index is 0.0458. The summed E-state index contributed by atoms with van der Waals surface area (Å²) in [4.78, 5) is 0.167. The molecule has 1 aliphatic rings. The molecule has 0 aromatic heterocycles. The molecule has 0 saturated heterocycles. The standard InChI is InChI=1S/C14H23N3O3S/c1-17(2)21(19,20)11-5-6-13(12(15)9-11)16-14(10-18)7-3-4-8-14/h5-6,9,16,18H,3-4,7-8,10,15H2,1-2H3. The van der Waals surface area contributed by atoms with E-state index in [-0.39, 0.29) is 17.0 Å². The zero-order valence-corrected chi connectivity index (χ0v) is 13.3. The van der Waals surface area contributed by atoms with E-state index >= 15 is 0 Å². The smallest absolute Gasteiger partial charge is 0.242 e. The average Bonchev–Trinajstić information content (AvgIpc) is 2.90. The van der Waals surface area contributed by atoms with Gasteiger partial charge in [-0.15, -0.1) is 0 Å². The van der Waals surface area contributed by atoms with Crippen molar-refractivity contribution in [2.75, 3.05) is 31.8 Å². The van der Waals surface area contributed by atoms with E-state index in [1.54, 1.807) is 6.07 Å². The largest absolute Gasteiger partial charge is 0.397 e. The number of nitrogens with one attached hydrogen (secondary N) is 1. The van der Waals surface area contributed by atoms with Crippen LogP contribution in [0.15, 0.2) is 23.1 Å². The van der Waals surface area contributed by atoms with Gasteiger partial charge in [0.1, 0.15) is 0 Å². The SMILES string of the molecule is CN(C)S(=O)(=O)c1ccc(NC2(CO)CCCC2)c(N)c1. The van der Waals surface area contributed by atoms with Crippen molar-refractivity contribution in [1.29, 1.82) is 0 Å². The molecule has 0 heterocycles. The first-order valence-corrected chi connectivity index (χ1v) is 8.46. The Hall–Kier alpha value is -1.31. The molecule has 0 spiro atoms. The van der Waals surface area contributed by atoms with E-state index in [0.717, 1.165) is 30.0 Å². The number of nitrogen functional groups attached to an aromatic ring is 1. The molecule has 118 valence electrons. The monoisotopic (exact) mass is 313 g/mol. The van der Waals surface area contributed by atoms with Gasteiger partial charge in [-0.1, -0.05) is 12.8 Å². The lowest BCUT2D eigenvalue weighted by atomic mass is 9.98. The van der Waals surface area contributed by atoms with Gasteiger partial charge in [0.25, 0.3) is 0 Å². The highest BCUT2D eigenvalue weighted by molar-refractivity contribution is 7.89. The maximum absolute atomic E-state index is 12.1. The summed E-state index contributed by atoms with van der Waals surface area (Å²) in [7, 11) is -0.522. The minimum Gasteiger partial charge on any atom is -0.397 e. The summed E-state index contributed by atoms with van der Waals surface area (Å²) >= 11 is 0. The van der Waals surface area contributed by atoms with Gasteiger partial charge in [0, 0.05) is 14.1 Å². The number of aliphatic hydroxyl groups is 1. The van der Waals surface area contributed by atoms with Gasteiger partial charge in [-0.05, 0) is 31.0 Å². The molecule has 0 bridgehead atoms. The van der Waals surface area contributed by atoms with Gasteiger partial charge in [0.2, 0.25) is 10.0 Å². The quantitative estimate of drug-likeness (QED) is 0.711. The zero-order valence-electron chi connectivity index (χ0n) is 12.5. The summed E-state index contributed by atoms with van der Waals surface area (Å²) in [5, 5.41) is 12.9. The second-order valence-corrected chi connectivity index (χ2v) is 7.96. The Morgan fingerprint density at radius 3 is 2.43 bits per heavy atom. The van der Waals surface area contributed by atoms with Crippen LogP contribution in [0.5, 0.6) is 0 Å². The van der Waals surface area contributed by atoms with Gasteiger partial charge in [0.05, 0.1) is 28.4 Å². The molecule has 0 radical (unpaired) electrons. The lowest BCUT2D eigenvalue weighted by Crippen LogP contribution is -2.39. The molecule has 1 aromatic carbocycles. The molecule has 0 atom stereocenters. The van der Waals surface area contributed by atoms with E-state index in [4.69, 9.17) is 5.73 Å². The van der Waals surface area contributed by atoms with Gasteiger partial charge in [0.15, 0.2) is 0 Å². The van der Waals surface area contributed by atoms with Crippen molar-refractivity contribution < 1.29 is 13.5 Å². The molecule has 1 fully saturated rings. The maximum atomic E-state index is 12.1. The van der Waals surface area contributed by atoms with E-state index in [1.807, 2.05) is 0 Å². The zero-order chi connectivity index (χ0) is 15.7. The molecule has 0 aliphatic heterocycles. The molecule has 1 saturated carbocycles. The molecule has 4 N–H and O–H groups in total. The van der Waals surface area contributed by atoms with Crippen LogP contribution in [0.1, 0.15) is 25.7 Å². The number of hydrogen-bond acceptors (Lipinski definition) is 5. The minimum atomic E-state index is -3.49. The Kier molecular flexibility index (Phi) is 4.46. The second-order valence-electron chi connectivity index (χ2n) is 5.81. The van der Waals surface area contributed by atoms with Crippen molar-refractivity contribution in [3.05, 3.63) is 18.2 Å². The predicted molar refractivity (Wildman–Crippen MR) is 83.6 cm³/mol. The van der Waals surface area contributed by atoms with Crippen molar-refractivity contribution in [2.45, 2.75) is 36.1 Å². The van der Waals surface area contributed by atoms with Gasteiger partial charge in [-0.2, -0.15) is 0 Å². The summed E-state index contributed by atoms with van der Waals surface area (Å²) in [5.74, 6) is 0. The van der Waals surface area contributed by atoms with Gasteiger partial charge in [-0.3, -0.25) is 0 Å². The Balaban J connectivity index is 2.28. The summed E-state index contributed by atoms with van der Waals surface area (Å²) in [6.45, 7) is 0.0458. The Morgan fingerprint density at radius 1 is 1.33 bits per heavy atom. The molecule has 7 heteroatoms. The molecule has 2 rings (SSSR count). The van der Waals surface area contributed by atoms with Crippen LogP contribution in [-0.2, 0) is 10.0 Å². The summed E-state index contributed by atoms with van der Waals surface area (Å²) < 4.78 is 25.3. The fraction of sp³-hybridized carbons (Fsp3) is 0.571. The lowest BCUT2D eigenvalue weighted by molar-refractivity contribution is 0.214. The van der Waals surface area contributed by atoms with Crippen molar-refractivity contribution in [3.8, 4) is 0 Å². The van der Waals surface area contributed by atoms with E-state index in [0.29, 0.717) is 11.4 Å². The lowest BCUT2D eigenvalue weighted by Gasteiger charge is -2.30. The van der Waals surface area contributed by atoms with Crippen molar-refractivity contribution in [3.63, 3.8) is 0 Å². The first kappa shape index (κ1) is 16.1. The van der Waals surface area contributed by atoms with E-state index in [1.165, 1.54) is 26.2 Å². The first-order chi connectivity index (χ1) is 9.81. The third-order valence-electron chi connectivity index (χ3n) is 4.06. The van der Waals surface area contributed by atoms with Gasteiger partial charge in [-0.25, -0.2) is 12.7 Å². The van der Waals surface area contributed by atoms with E-state index in [2.05, 4.69) is 5.32 Å². The number of nitrogens with zero attached hydrogens (tertiary/aromatic N) is 1. The highest BCUT2D eigenvalue weighted by atomic mass is 32.2. The molecule has 0 amide bonds. The van der Waals surface area contributed by atoms with Crippen molar-refractivity contribution >= 4 is 21.4 Å². The van der Waals surface area contributed by atoms with Crippen LogP contribution in [0.4, 0.5) is 11.4 Å². The van der Waals surface area contributed by atoms with Crippen LogP contribution in [0.2, 0.25) is 0 Å². The Labute approximate surface area is 126 Å². The van der Waals surface area contributed by atoms with Gasteiger partial charge < -0.3 is 16.2 Å². The average molecular weight is 313 g/mol. The number of sulfonamides is 1. The molecule has 21 heavy (non-hydrogen) atoms. The highest BCUT2D eigenvalue weighted by Gasteiger charge is 2.33. The second kappa shape index (κ2) is 5.82. The van der Waals surface area contributed by atoms with Crippen molar-refractivity contribution in [1.82, 2.24) is 4.31 Å². The number of hydrogen-bond donors (Lipinski definition) is 3. The van der Waals surface area contributed by atoms with Crippen LogP contribution in [-0.4, -0.2) is 44.1 Å². The molecule has 0 unspecified atom stereocenters. The summed E-state index contributed by atoms with van der Waals surface area (Å²) in [5.41, 5.74) is 6.69. The van der Waals surface area contributed by atoms with Crippen LogP contribution in [0, 0.1) is 0 Å². The first-order valence-electron chi connectivity index (χ1n) is 7.02. The van der Waals surface area contributed by atoms with Crippen LogP contribution >= 0.6 is 0 Å². The summed E-state index contributed by atoms with van der Waals surface area (Å²) in [6, 6.07) is 4.66. The third-order valence-corrected chi connectivity index (χ3v) is 5.88. The molecular weight excluding hydrogens is 290 g/mol. The number of anilines is 2. The van der Waals surface area contributed by atoms with Crippen LogP contribution in [0.25, 0.3) is 0 Å². The van der Waals surface area contributed by atoms with Crippen LogP contribution < -0.4 is 11.1 Å². The fourth-order valence-corrected chi connectivity index (χ4v) is 3.62. The van der Waals surface area contributed by atoms with Crippen molar-refractivity contribution in [2.24, 2.45) is 0 Å². The Bertz CT molecular complexity index is 608. The number of aliphatic hydroxyl groups excluding tert-OH is 1. The molecular formula is C14H23N3O3S. The molecule has 1 aliphatic carbocycles. The fourth-order valence-electron chi connectivity index (χ4n) is 2.69. The predicted octanol–water partition coefficient (Wildman–Crippen LogP) is 1.24. The maximum Gasteiger partial charge on any atom is 0.242 e. The van der Waals surface area contributed by atoms with Crippen LogP contribution in [0.3, 0.4) is 0 Å². The van der Waals surface area contributed by atoms with E-state index in [9.17, 15) is 13.5 Å². The Morgan fingerprint density at radius 2 is 1.95 bits per heavy atom. The normalized spacial score (nSPS) is 18.1. The third kappa shape index (κ3) is 3.14. The number of benzene rings is 1. The number of nitrogens with two attached hydrogens (primary N) is 1. The van der Waals surface area contributed by atoms with E-state index < -0.39 is 10.0 Å². The summed E-state index contributed by atoms with van der Waals surface area (Å²) in [6.07, 6.45) is 3.92. The topological polar surface area (TPSA) is 95.7 Å². The number of rotatable bonds is 5. The molecule has 1 aromatic rings.